The van der Waals surface area contributed by atoms with Crippen LogP contribution in [0.15, 0.2) is 42.5 Å². The lowest BCUT2D eigenvalue weighted by Gasteiger charge is -2.37. The second-order valence-electron chi connectivity index (χ2n) is 10.1. The standard InChI is InChI=1S/C29H34N4O6/c1-18-9-10-22-19(14-18)11-13-33(27(22)29(39)31-21(17-34)16-26(36)37)25(35)8-4-5-12-30-28(38)24-15-20-6-2-3-7-23(20)32-24/h2-3,6-7,9-10,14,17,21,24,27,32H,4-5,8,11-13,15-16H2,1H3,(H,30,38)(H,31,39)(H,36,37)/t21-,24-,27-/m0/s1. The number of carboxylic acid groups (broad SMARTS) is 1. The molecule has 0 saturated heterocycles. The number of nitrogens with zero attached hydrogens (tertiary/aromatic N) is 1. The van der Waals surface area contributed by atoms with Crippen molar-refractivity contribution in [1.82, 2.24) is 15.5 Å². The number of anilines is 1. The molecule has 2 heterocycles. The number of unbranched alkanes of at least 4 members (excludes halogenated alkanes) is 1. The number of rotatable bonds is 11. The summed E-state index contributed by atoms with van der Waals surface area (Å²) in [5, 5.41) is 17.7. The fourth-order valence-corrected chi connectivity index (χ4v) is 5.23. The first-order valence-electron chi connectivity index (χ1n) is 13.3. The maximum atomic E-state index is 13.3. The lowest BCUT2D eigenvalue weighted by Crippen LogP contribution is -2.50. The van der Waals surface area contributed by atoms with E-state index in [1.54, 1.807) is 0 Å². The highest BCUT2D eigenvalue weighted by Gasteiger charge is 2.36. The first-order chi connectivity index (χ1) is 18.8. The Hall–Kier alpha value is -4.21. The first-order valence-corrected chi connectivity index (χ1v) is 13.3. The summed E-state index contributed by atoms with van der Waals surface area (Å²) in [4.78, 5) is 63.0. The lowest BCUT2D eigenvalue weighted by atomic mass is 9.90. The van der Waals surface area contributed by atoms with Crippen molar-refractivity contribution in [2.75, 3.05) is 18.4 Å². The van der Waals surface area contributed by atoms with Crippen molar-refractivity contribution in [2.45, 2.75) is 63.6 Å². The second-order valence-corrected chi connectivity index (χ2v) is 10.1. The Bertz CT molecular complexity index is 1240. The molecule has 2 aromatic rings. The molecule has 0 aliphatic carbocycles. The van der Waals surface area contributed by atoms with Crippen LogP contribution >= 0.6 is 0 Å². The highest BCUT2D eigenvalue weighted by Crippen LogP contribution is 2.32. The quantitative estimate of drug-likeness (QED) is 0.255. The number of aliphatic carboxylic acids is 1. The number of hydrogen-bond donors (Lipinski definition) is 4. The van der Waals surface area contributed by atoms with Gasteiger partial charge in [0.25, 0.3) is 0 Å². The third-order valence-electron chi connectivity index (χ3n) is 7.19. The number of carbonyl (C=O) groups excluding carboxylic acids is 4. The number of aldehydes is 1. The Morgan fingerprint density at radius 3 is 2.64 bits per heavy atom. The fourth-order valence-electron chi connectivity index (χ4n) is 5.23. The predicted molar refractivity (Wildman–Crippen MR) is 144 cm³/mol. The van der Waals surface area contributed by atoms with E-state index in [4.69, 9.17) is 5.11 Å². The van der Waals surface area contributed by atoms with Crippen LogP contribution in [-0.2, 0) is 36.8 Å². The molecule has 3 atom stereocenters. The molecule has 4 rings (SSSR count). The van der Waals surface area contributed by atoms with Crippen LogP contribution in [0.2, 0.25) is 0 Å². The molecular formula is C29H34N4O6. The van der Waals surface area contributed by atoms with E-state index in [0.717, 1.165) is 22.4 Å². The Labute approximate surface area is 227 Å². The van der Waals surface area contributed by atoms with Crippen molar-refractivity contribution in [3.8, 4) is 0 Å². The lowest BCUT2D eigenvalue weighted by molar-refractivity contribution is -0.143. The van der Waals surface area contributed by atoms with E-state index < -0.39 is 30.4 Å². The minimum absolute atomic E-state index is 0.0803. The summed E-state index contributed by atoms with van der Waals surface area (Å²) in [7, 11) is 0. The average Bonchev–Trinajstić information content (AvgIpc) is 3.35. The van der Waals surface area contributed by atoms with E-state index >= 15 is 0 Å². The molecule has 0 unspecified atom stereocenters. The minimum atomic E-state index is -1.21. The third kappa shape index (κ3) is 6.81. The minimum Gasteiger partial charge on any atom is -0.481 e. The zero-order valence-electron chi connectivity index (χ0n) is 21.9. The Balaban J connectivity index is 1.32. The van der Waals surface area contributed by atoms with Crippen LogP contribution < -0.4 is 16.0 Å². The van der Waals surface area contributed by atoms with Crippen LogP contribution in [0.25, 0.3) is 0 Å². The van der Waals surface area contributed by atoms with Crippen molar-refractivity contribution in [3.05, 3.63) is 64.7 Å². The Morgan fingerprint density at radius 1 is 1.10 bits per heavy atom. The summed E-state index contributed by atoms with van der Waals surface area (Å²) in [5.41, 5.74) is 4.74. The van der Waals surface area contributed by atoms with Crippen molar-refractivity contribution >= 4 is 35.7 Å². The number of amides is 3. The summed E-state index contributed by atoms with van der Waals surface area (Å²) in [6.45, 7) is 2.72. The molecule has 0 radical (unpaired) electrons. The molecule has 39 heavy (non-hydrogen) atoms. The second kappa shape index (κ2) is 12.6. The smallest absolute Gasteiger partial charge is 0.305 e. The molecule has 10 nitrogen and oxygen atoms in total. The molecule has 2 aromatic carbocycles. The SMILES string of the molecule is Cc1ccc2c(c1)CCN(C(=O)CCCCNC(=O)[C@@H]1Cc3ccccc3N1)[C@@H]2C(=O)N[C@H](C=O)CC(=O)O. The van der Waals surface area contributed by atoms with Gasteiger partial charge in [-0.3, -0.25) is 19.2 Å². The van der Waals surface area contributed by atoms with Crippen molar-refractivity contribution in [3.63, 3.8) is 0 Å². The van der Waals surface area contributed by atoms with Crippen LogP contribution in [0.4, 0.5) is 5.69 Å². The number of carboxylic acids is 1. The third-order valence-corrected chi connectivity index (χ3v) is 7.19. The van der Waals surface area contributed by atoms with E-state index in [-0.39, 0.29) is 24.3 Å². The largest absolute Gasteiger partial charge is 0.481 e. The van der Waals surface area contributed by atoms with Gasteiger partial charge in [-0.2, -0.15) is 0 Å². The van der Waals surface area contributed by atoms with Crippen LogP contribution in [0.1, 0.15) is 54.0 Å². The molecule has 0 aromatic heterocycles. The summed E-state index contributed by atoms with van der Waals surface area (Å²) in [6.07, 6.45) is 2.40. The average molecular weight is 535 g/mol. The maximum absolute atomic E-state index is 13.3. The van der Waals surface area contributed by atoms with Gasteiger partial charge in [0.2, 0.25) is 17.7 Å². The van der Waals surface area contributed by atoms with E-state index in [1.165, 1.54) is 4.90 Å². The molecule has 0 spiro atoms. The molecule has 3 amide bonds. The monoisotopic (exact) mass is 534 g/mol. The number of carbonyl (C=O) groups is 5. The predicted octanol–water partition coefficient (Wildman–Crippen LogP) is 1.90. The highest BCUT2D eigenvalue weighted by atomic mass is 16.4. The highest BCUT2D eigenvalue weighted by molar-refractivity contribution is 5.91. The van der Waals surface area contributed by atoms with Gasteiger partial charge >= 0.3 is 5.97 Å². The van der Waals surface area contributed by atoms with Gasteiger partial charge in [0.05, 0.1) is 12.5 Å². The van der Waals surface area contributed by atoms with Crippen LogP contribution in [-0.4, -0.2) is 65.2 Å². The van der Waals surface area contributed by atoms with E-state index in [9.17, 15) is 24.0 Å². The normalized spacial score (nSPS) is 18.2. The van der Waals surface area contributed by atoms with Crippen molar-refractivity contribution in [2.24, 2.45) is 0 Å². The van der Waals surface area contributed by atoms with E-state index in [0.29, 0.717) is 50.6 Å². The van der Waals surface area contributed by atoms with Gasteiger partial charge in [0, 0.05) is 31.6 Å². The van der Waals surface area contributed by atoms with Gasteiger partial charge in [0.15, 0.2) is 0 Å². The number of fused-ring (bicyclic) bond motifs is 2. The summed E-state index contributed by atoms with van der Waals surface area (Å²) < 4.78 is 0. The van der Waals surface area contributed by atoms with Crippen LogP contribution in [0.5, 0.6) is 0 Å². The number of hydrogen-bond acceptors (Lipinski definition) is 6. The first kappa shape index (κ1) is 27.8. The number of para-hydroxylation sites is 1. The zero-order chi connectivity index (χ0) is 27.9. The van der Waals surface area contributed by atoms with Crippen LogP contribution in [0, 0.1) is 6.92 Å². The number of benzene rings is 2. The maximum Gasteiger partial charge on any atom is 0.305 e. The molecule has 0 saturated carbocycles. The van der Waals surface area contributed by atoms with Gasteiger partial charge < -0.3 is 30.8 Å². The Kier molecular flexibility index (Phi) is 8.96. The van der Waals surface area contributed by atoms with E-state index in [2.05, 4.69) is 16.0 Å². The van der Waals surface area contributed by atoms with Crippen LogP contribution in [0.3, 0.4) is 0 Å². The van der Waals surface area contributed by atoms with E-state index in [1.807, 2.05) is 49.4 Å². The van der Waals surface area contributed by atoms with Crippen molar-refractivity contribution in [1.29, 1.82) is 0 Å². The molecule has 0 bridgehead atoms. The fraction of sp³-hybridized carbons (Fsp3) is 0.414. The summed E-state index contributed by atoms with van der Waals surface area (Å²) in [5.74, 6) is -2.08. The number of aryl methyl sites for hydroxylation is 1. The summed E-state index contributed by atoms with van der Waals surface area (Å²) in [6, 6.07) is 11.0. The summed E-state index contributed by atoms with van der Waals surface area (Å²) >= 11 is 0. The Morgan fingerprint density at radius 2 is 1.90 bits per heavy atom. The molecule has 0 fully saturated rings. The van der Waals surface area contributed by atoms with Gasteiger partial charge in [-0.1, -0.05) is 42.0 Å². The molecule has 2 aliphatic rings. The van der Waals surface area contributed by atoms with Gasteiger partial charge in [-0.25, -0.2) is 0 Å². The topological polar surface area (TPSA) is 145 Å². The molecule has 2 aliphatic heterocycles. The molecule has 10 heteroatoms. The molecular weight excluding hydrogens is 500 g/mol. The zero-order valence-corrected chi connectivity index (χ0v) is 21.9. The van der Waals surface area contributed by atoms with Gasteiger partial charge in [0.1, 0.15) is 18.4 Å². The van der Waals surface area contributed by atoms with Crippen molar-refractivity contribution < 1.29 is 29.1 Å². The molecule has 206 valence electrons. The van der Waals surface area contributed by atoms with Gasteiger partial charge in [-0.15, -0.1) is 0 Å². The number of nitrogens with one attached hydrogen (secondary N) is 3. The van der Waals surface area contributed by atoms with Gasteiger partial charge in [-0.05, 0) is 48.9 Å². The molecule has 4 N–H and O–H groups in total.